The first kappa shape index (κ1) is 15.0. The van der Waals surface area contributed by atoms with Crippen LogP contribution < -0.4 is 5.73 Å². The number of hydrogen-bond acceptors (Lipinski definition) is 2. The maximum atomic E-state index is 13.3. The van der Waals surface area contributed by atoms with E-state index < -0.39 is 23.6 Å². The van der Waals surface area contributed by atoms with Crippen LogP contribution in [0.1, 0.15) is 34.5 Å². The number of halogens is 4. The molecule has 108 valence electrons. The van der Waals surface area contributed by atoms with E-state index >= 15 is 0 Å². The van der Waals surface area contributed by atoms with E-state index in [1.54, 1.807) is 0 Å². The Morgan fingerprint density at radius 1 is 1.25 bits per heavy atom. The van der Waals surface area contributed by atoms with E-state index in [0.29, 0.717) is 0 Å². The summed E-state index contributed by atoms with van der Waals surface area (Å²) in [5.74, 6) is -1.28. The molecule has 0 aliphatic carbocycles. The van der Waals surface area contributed by atoms with Gasteiger partial charge in [0.1, 0.15) is 5.82 Å². The minimum Gasteiger partial charge on any atom is -0.320 e. The van der Waals surface area contributed by atoms with Gasteiger partial charge in [-0.05, 0) is 41.1 Å². The van der Waals surface area contributed by atoms with Gasteiger partial charge in [-0.25, -0.2) is 4.39 Å². The Morgan fingerprint density at radius 2 is 1.95 bits per heavy atom. The summed E-state index contributed by atoms with van der Waals surface area (Å²) >= 11 is 1.39. The van der Waals surface area contributed by atoms with Crippen LogP contribution in [0.15, 0.2) is 29.6 Å². The summed E-state index contributed by atoms with van der Waals surface area (Å²) in [6.45, 7) is 1.95. The maximum Gasteiger partial charge on any atom is 0.419 e. The zero-order valence-corrected chi connectivity index (χ0v) is 11.5. The molecule has 1 aromatic heterocycles. The summed E-state index contributed by atoms with van der Waals surface area (Å²) in [5, 5.41) is 1.85. The maximum absolute atomic E-state index is 13.3. The van der Waals surface area contributed by atoms with Gasteiger partial charge in [-0.3, -0.25) is 0 Å². The van der Waals surface area contributed by atoms with Gasteiger partial charge in [0, 0.05) is 4.88 Å². The Bertz CT molecular complexity index is 603. The summed E-state index contributed by atoms with van der Waals surface area (Å²) in [7, 11) is 0. The Balaban J connectivity index is 2.43. The lowest BCUT2D eigenvalue weighted by Gasteiger charge is -2.15. The summed E-state index contributed by atoms with van der Waals surface area (Å²) in [5.41, 5.74) is 6.00. The van der Waals surface area contributed by atoms with Crippen LogP contribution in [-0.4, -0.2) is 0 Å². The highest BCUT2D eigenvalue weighted by atomic mass is 32.1. The van der Waals surface area contributed by atoms with Crippen molar-refractivity contribution < 1.29 is 17.6 Å². The third kappa shape index (κ3) is 2.86. The molecular formula is C14H13F4NS. The molecule has 0 spiro atoms. The van der Waals surface area contributed by atoms with E-state index in [1.165, 1.54) is 17.4 Å². The van der Waals surface area contributed by atoms with Gasteiger partial charge < -0.3 is 5.73 Å². The first-order valence-corrected chi connectivity index (χ1v) is 6.91. The molecule has 0 aliphatic heterocycles. The molecule has 0 aliphatic rings. The number of alkyl halides is 3. The van der Waals surface area contributed by atoms with Gasteiger partial charge in [0.05, 0.1) is 11.6 Å². The SMILES string of the molecule is CCc1ccsc1C(N)c1ccc(F)c(C(F)(F)F)c1. The largest absolute Gasteiger partial charge is 0.419 e. The average Bonchev–Trinajstić information content (AvgIpc) is 2.85. The zero-order valence-electron chi connectivity index (χ0n) is 10.7. The molecule has 2 aromatic rings. The fourth-order valence-corrected chi connectivity index (χ4v) is 3.04. The Kier molecular flexibility index (Phi) is 4.15. The second-order valence-corrected chi connectivity index (χ2v) is 5.33. The van der Waals surface area contributed by atoms with E-state index in [9.17, 15) is 17.6 Å². The molecule has 0 saturated carbocycles. The van der Waals surface area contributed by atoms with Crippen LogP contribution in [0.2, 0.25) is 0 Å². The van der Waals surface area contributed by atoms with E-state index in [-0.39, 0.29) is 5.56 Å². The van der Waals surface area contributed by atoms with Gasteiger partial charge in [-0.2, -0.15) is 13.2 Å². The molecular weight excluding hydrogens is 290 g/mol. The van der Waals surface area contributed by atoms with Gasteiger partial charge in [-0.15, -0.1) is 11.3 Å². The molecule has 20 heavy (non-hydrogen) atoms. The standard InChI is InChI=1S/C14H13F4NS/c1-2-8-5-6-20-13(8)12(19)9-3-4-11(15)10(7-9)14(16,17)18/h3-7,12H,2,19H2,1H3. The predicted molar refractivity (Wildman–Crippen MR) is 71.1 cm³/mol. The second-order valence-electron chi connectivity index (χ2n) is 4.38. The summed E-state index contributed by atoms with van der Waals surface area (Å²) < 4.78 is 51.4. The monoisotopic (exact) mass is 303 g/mol. The van der Waals surface area contributed by atoms with Crippen molar-refractivity contribution in [3.05, 3.63) is 57.0 Å². The molecule has 2 rings (SSSR count). The van der Waals surface area contributed by atoms with Crippen molar-refractivity contribution in [2.24, 2.45) is 5.73 Å². The second kappa shape index (κ2) is 5.54. The van der Waals surface area contributed by atoms with Crippen molar-refractivity contribution in [3.63, 3.8) is 0 Å². The molecule has 0 bridgehead atoms. The Morgan fingerprint density at radius 3 is 2.55 bits per heavy atom. The molecule has 0 saturated heterocycles. The van der Waals surface area contributed by atoms with Crippen LogP contribution in [0.4, 0.5) is 17.6 Å². The number of aryl methyl sites for hydroxylation is 1. The van der Waals surface area contributed by atoms with E-state index in [4.69, 9.17) is 5.73 Å². The van der Waals surface area contributed by atoms with Crippen LogP contribution >= 0.6 is 11.3 Å². The van der Waals surface area contributed by atoms with E-state index in [1.807, 2.05) is 18.4 Å². The van der Waals surface area contributed by atoms with Gasteiger partial charge in [-0.1, -0.05) is 13.0 Å². The number of nitrogens with two attached hydrogens (primary N) is 1. The van der Waals surface area contributed by atoms with Gasteiger partial charge in [0.15, 0.2) is 0 Å². The van der Waals surface area contributed by atoms with Crippen molar-refractivity contribution in [2.75, 3.05) is 0 Å². The van der Waals surface area contributed by atoms with Crippen LogP contribution in [-0.2, 0) is 12.6 Å². The van der Waals surface area contributed by atoms with Gasteiger partial charge in [0.2, 0.25) is 0 Å². The molecule has 2 N–H and O–H groups in total. The fraction of sp³-hybridized carbons (Fsp3) is 0.286. The number of hydrogen-bond donors (Lipinski definition) is 1. The van der Waals surface area contributed by atoms with E-state index in [0.717, 1.165) is 29.0 Å². The molecule has 1 nitrogen and oxygen atoms in total. The van der Waals surface area contributed by atoms with Gasteiger partial charge in [0.25, 0.3) is 0 Å². The van der Waals surface area contributed by atoms with Gasteiger partial charge >= 0.3 is 6.18 Å². The molecule has 1 aromatic carbocycles. The fourth-order valence-electron chi connectivity index (χ4n) is 2.02. The lowest BCUT2D eigenvalue weighted by molar-refractivity contribution is -0.140. The van der Waals surface area contributed by atoms with Crippen molar-refractivity contribution in [2.45, 2.75) is 25.6 Å². The molecule has 1 heterocycles. The van der Waals surface area contributed by atoms with Crippen molar-refractivity contribution in [1.82, 2.24) is 0 Å². The third-order valence-electron chi connectivity index (χ3n) is 3.10. The molecule has 1 unspecified atom stereocenters. The Labute approximate surface area is 118 Å². The number of thiophene rings is 1. The highest BCUT2D eigenvalue weighted by Crippen LogP contribution is 2.35. The van der Waals surface area contributed by atoms with Crippen LogP contribution in [0, 0.1) is 5.82 Å². The summed E-state index contributed by atoms with van der Waals surface area (Å²) in [4.78, 5) is 0.812. The number of benzene rings is 1. The Hall–Kier alpha value is -1.40. The third-order valence-corrected chi connectivity index (χ3v) is 4.14. The van der Waals surface area contributed by atoms with Crippen LogP contribution in [0.5, 0.6) is 0 Å². The van der Waals surface area contributed by atoms with E-state index in [2.05, 4.69) is 0 Å². The molecule has 0 fully saturated rings. The van der Waals surface area contributed by atoms with Crippen LogP contribution in [0.25, 0.3) is 0 Å². The minimum absolute atomic E-state index is 0.260. The quantitative estimate of drug-likeness (QED) is 0.829. The predicted octanol–water partition coefficient (Wildman–Crippen LogP) is 4.52. The van der Waals surface area contributed by atoms with Crippen molar-refractivity contribution in [1.29, 1.82) is 0 Å². The van der Waals surface area contributed by atoms with Crippen molar-refractivity contribution >= 4 is 11.3 Å². The lowest BCUT2D eigenvalue weighted by atomic mass is 10.00. The first-order chi connectivity index (χ1) is 9.34. The molecule has 0 radical (unpaired) electrons. The first-order valence-electron chi connectivity index (χ1n) is 6.03. The van der Waals surface area contributed by atoms with Crippen LogP contribution in [0.3, 0.4) is 0 Å². The normalized spacial score (nSPS) is 13.5. The average molecular weight is 303 g/mol. The molecule has 0 amide bonds. The lowest BCUT2D eigenvalue weighted by Crippen LogP contribution is -2.15. The smallest absolute Gasteiger partial charge is 0.320 e. The molecule has 1 atom stereocenters. The molecule has 6 heteroatoms. The summed E-state index contributed by atoms with van der Waals surface area (Å²) in [6.07, 6.45) is -3.97. The highest BCUT2D eigenvalue weighted by molar-refractivity contribution is 7.10. The zero-order chi connectivity index (χ0) is 14.9. The minimum atomic E-state index is -4.72. The topological polar surface area (TPSA) is 26.0 Å². The van der Waals surface area contributed by atoms with Crippen molar-refractivity contribution in [3.8, 4) is 0 Å². The number of rotatable bonds is 3. The summed E-state index contributed by atoms with van der Waals surface area (Å²) in [6, 6.07) is 4.13. The highest BCUT2D eigenvalue weighted by Gasteiger charge is 2.34.